The summed E-state index contributed by atoms with van der Waals surface area (Å²) in [5, 5.41) is 0. The Bertz CT molecular complexity index is 841. The van der Waals surface area contributed by atoms with Gasteiger partial charge in [0.25, 0.3) is 0 Å². The number of aromatic nitrogens is 2. The van der Waals surface area contributed by atoms with E-state index < -0.39 is 0 Å². The van der Waals surface area contributed by atoms with E-state index in [4.69, 9.17) is 0 Å². The molecule has 3 rings (SSSR count). The lowest BCUT2D eigenvalue weighted by Gasteiger charge is -2.07. The molecule has 0 aliphatic heterocycles. The first kappa shape index (κ1) is 15.1. The molecular formula is C20H19N2O+. The van der Waals surface area contributed by atoms with Gasteiger partial charge in [-0.25, -0.2) is 4.98 Å². The molecule has 1 aromatic heterocycles. The average molecular weight is 303 g/mol. The van der Waals surface area contributed by atoms with Crippen LogP contribution in [0.25, 0.3) is 11.3 Å². The van der Waals surface area contributed by atoms with Crippen LogP contribution in [0.15, 0.2) is 67.1 Å². The summed E-state index contributed by atoms with van der Waals surface area (Å²) >= 11 is 0. The van der Waals surface area contributed by atoms with Crippen molar-refractivity contribution < 1.29 is 9.36 Å². The fraction of sp³-hybridized carbons (Fsp3) is 0.150. The van der Waals surface area contributed by atoms with Gasteiger partial charge < -0.3 is 0 Å². The molecule has 0 saturated heterocycles. The number of hydrogen-bond donors (Lipinski definition) is 0. The van der Waals surface area contributed by atoms with E-state index in [1.54, 1.807) is 6.20 Å². The first-order valence-electron chi connectivity index (χ1n) is 7.65. The first-order chi connectivity index (χ1) is 11.1. The van der Waals surface area contributed by atoms with Crippen LogP contribution >= 0.6 is 0 Å². The van der Waals surface area contributed by atoms with E-state index in [1.807, 2.05) is 53.4 Å². The van der Waals surface area contributed by atoms with Crippen molar-refractivity contribution in [3.63, 3.8) is 0 Å². The normalized spacial score (nSPS) is 10.5. The van der Waals surface area contributed by atoms with E-state index in [9.17, 15) is 4.79 Å². The number of Topliss-reactive ketones (excluding diaryl/α,β-unsaturated/α-hetero) is 1. The fourth-order valence-corrected chi connectivity index (χ4v) is 2.58. The highest BCUT2D eigenvalue weighted by Crippen LogP contribution is 2.22. The number of nitrogens with zero attached hydrogens (tertiary/aromatic N) is 2. The summed E-state index contributed by atoms with van der Waals surface area (Å²) in [6.45, 7) is 4.50. The van der Waals surface area contributed by atoms with Crippen LogP contribution in [0.3, 0.4) is 0 Å². The first-order valence-corrected chi connectivity index (χ1v) is 7.65. The molecule has 3 nitrogen and oxygen atoms in total. The lowest BCUT2D eigenvalue weighted by atomic mass is 10.0. The molecule has 0 unspecified atom stereocenters. The predicted octanol–water partition coefficient (Wildman–Crippen LogP) is 3.54. The molecular weight excluding hydrogens is 284 g/mol. The van der Waals surface area contributed by atoms with Gasteiger partial charge in [-0.2, -0.15) is 4.57 Å². The minimum Gasteiger partial charge on any atom is -0.287 e. The molecule has 0 spiro atoms. The van der Waals surface area contributed by atoms with Crippen LogP contribution in [0, 0.1) is 13.8 Å². The molecule has 1 heterocycles. The second-order valence-corrected chi connectivity index (χ2v) is 5.65. The van der Waals surface area contributed by atoms with Gasteiger partial charge in [0.1, 0.15) is 5.69 Å². The highest BCUT2D eigenvalue weighted by molar-refractivity contribution is 5.94. The van der Waals surface area contributed by atoms with Crippen LogP contribution < -0.4 is 4.57 Å². The van der Waals surface area contributed by atoms with Gasteiger partial charge >= 0.3 is 0 Å². The number of benzene rings is 2. The molecule has 23 heavy (non-hydrogen) atoms. The van der Waals surface area contributed by atoms with Crippen molar-refractivity contribution in [3.8, 4) is 11.3 Å². The van der Waals surface area contributed by atoms with Gasteiger partial charge in [0.05, 0.1) is 6.20 Å². The lowest BCUT2D eigenvalue weighted by Crippen LogP contribution is -2.37. The Morgan fingerprint density at radius 2 is 1.83 bits per heavy atom. The van der Waals surface area contributed by atoms with Crippen molar-refractivity contribution >= 4 is 5.78 Å². The van der Waals surface area contributed by atoms with Crippen molar-refractivity contribution in [2.45, 2.75) is 20.4 Å². The van der Waals surface area contributed by atoms with Gasteiger partial charge in [-0.3, -0.25) is 4.79 Å². The molecule has 2 aromatic carbocycles. The number of rotatable bonds is 4. The van der Waals surface area contributed by atoms with Crippen LogP contribution in [0.4, 0.5) is 0 Å². The molecule has 0 aliphatic rings. The maximum absolute atomic E-state index is 12.3. The van der Waals surface area contributed by atoms with Crippen molar-refractivity contribution in [3.05, 3.63) is 83.8 Å². The largest absolute Gasteiger partial charge is 0.287 e. The number of carbonyl (C=O) groups excluding carboxylic acids is 1. The average Bonchev–Trinajstić information content (AvgIpc) is 2.58. The monoisotopic (exact) mass is 303 g/mol. The van der Waals surface area contributed by atoms with E-state index in [0.717, 1.165) is 16.8 Å². The molecule has 0 aliphatic carbocycles. The summed E-state index contributed by atoms with van der Waals surface area (Å²) in [5.74, 6) is 0.0914. The van der Waals surface area contributed by atoms with Gasteiger partial charge in [0.2, 0.25) is 12.3 Å². The molecule has 114 valence electrons. The Kier molecular flexibility index (Phi) is 4.29. The van der Waals surface area contributed by atoms with E-state index in [-0.39, 0.29) is 5.78 Å². The molecule has 0 amide bonds. The summed E-state index contributed by atoms with van der Waals surface area (Å²) in [5.41, 5.74) is 5.17. The van der Waals surface area contributed by atoms with Crippen molar-refractivity contribution in [1.29, 1.82) is 0 Å². The Morgan fingerprint density at radius 1 is 1.04 bits per heavy atom. The van der Waals surface area contributed by atoms with E-state index in [1.165, 1.54) is 11.1 Å². The Labute approximate surface area is 136 Å². The molecule has 0 saturated carbocycles. The van der Waals surface area contributed by atoms with Crippen molar-refractivity contribution in [2.24, 2.45) is 0 Å². The molecule has 3 heteroatoms. The third-order valence-corrected chi connectivity index (χ3v) is 4.06. The smallest absolute Gasteiger partial charge is 0.227 e. The summed E-state index contributed by atoms with van der Waals surface area (Å²) in [6, 6.07) is 15.5. The Balaban J connectivity index is 1.89. The van der Waals surface area contributed by atoms with Gasteiger partial charge in [0, 0.05) is 11.1 Å². The maximum atomic E-state index is 12.3. The van der Waals surface area contributed by atoms with Gasteiger partial charge in [-0.15, -0.1) is 0 Å². The topological polar surface area (TPSA) is 33.8 Å². The van der Waals surface area contributed by atoms with E-state index in [0.29, 0.717) is 6.54 Å². The van der Waals surface area contributed by atoms with Gasteiger partial charge in [0.15, 0.2) is 12.4 Å². The molecule has 0 atom stereocenters. The lowest BCUT2D eigenvalue weighted by molar-refractivity contribution is -0.683. The van der Waals surface area contributed by atoms with Crippen LogP contribution in [0.1, 0.15) is 21.5 Å². The highest BCUT2D eigenvalue weighted by Gasteiger charge is 2.14. The number of aryl methyl sites for hydroxylation is 1. The van der Waals surface area contributed by atoms with Crippen LogP contribution in [-0.4, -0.2) is 10.8 Å². The predicted molar refractivity (Wildman–Crippen MR) is 90.1 cm³/mol. The van der Waals surface area contributed by atoms with Crippen LogP contribution in [0.2, 0.25) is 0 Å². The Morgan fingerprint density at radius 3 is 2.61 bits per heavy atom. The molecule has 0 fully saturated rings. The molecule has 0 N–H and O–H groups in total. The van der Waals surface area contributed by atoms with Crippen molar-refractivity contribution in [1.82, 2.24) is 4.98 Å². The molecule has 0 bridgehead atoms. The zero-order valence-corrected chi connectivity index (χ0v) is 13.4. The zero-order valence-electron chi connectivity index (χ0n) is 13.4. The van der Waals surface area contributed by atoms with E-state index >= 15 is 0 Å². The van der Waals surface area contributed by atoms with Crippen LogP contribution in [0.5, 0.6) is 0 Å². The number of carbonyl (C=O) groups is 1. The third-order valence-electron chi connectivity index (χ3n) is 4.06. The second-order valence-electron chi connectivity index (χ2n) is 5.65. The summed E-state index contributed by atoms with van der Waals surface area (Å²) in [7, 11) is 0. The van der Waals surface area contributed by atoms with Crippen molar-refractivity contribution in [2.75, 3.05) is 0 Å². The molecule has 0 radical (unpaired) electrons. The third kappa shape index (κ3) is 3.34. The minimum absolute atomic E-state index is 0.0914. The standard InChI is InChI=1S/C20H19N2O/c1-15-7-6-10-18(16(15)2)19-13-22(12-11-21-19)14-20(23)17-8-4-3-5-9-17/h3-13H,14H2,1-2H3/q+1. The number of hydrogen-bond acceptors (Lipinski definition) is 2. The zero-order chi connectivity index (χ0) is 16.2. The summed E-state index contributed by atoms with van der Waals surface area (Å²) in [4.78, 5) is 16.8. The molecule has 3 aromatic rings. The van der Waals surface area contributed by atoms with Crippen LogP contribution in [-0.2, 0) is 6.54 Å². The Hall–Kier alpha value is -2.81. The highest BCUT2D eigenvalue weighted by atomic mass is 16.1. The SMILES string of the molecule is Cc1cccc(-c2c[n+](CC(=O)c3ccccc3)ccn2)c1C. The summed E-state index contributed by atoms with van der Waals surface area (Å²) < 4.78 is 1.89. The van der Waals surface area contributed by atoms with E-state index in [2.05, 4.69) is 31.0 Å². The minimum atomic E-state index is 0.0914. The van der Waals surface area contributed by atoms with Gasteiger partial charge in [-0.1, -0.05) is 48.5 Å². The summed E-state index contributed by atoms with van der Waals surface area (Å²) in [6.07, 6.45) is 5.51. The second kappa shape index (κ2) is 6.53. The number of ketones is 1. The van der Waals surface area contributed by atoms with Gasteiger partial charge in [-0.05, 0) is 25.0 Å². The quantitative estimate of drug-likeness (QED) is 0.546. The fourth-order valence-electron chi connectivity index (χ4n) is 2.58. The maximum Gasteiger partial charge on any atom is 0.227 e.